The molecule has 0 aromatic heterocycles. The Morgan fingerprint density at radius 1 is 1.39 bits per heavy atom. The van der Waals surface area contributed by atoms with Crippen LogP contribution in [-0.2, 0) is 10.0 Å². The Balaban J connectivity index is 2.22. The number of rotatable bonds is 6. The highest BCUT2D eigenvalue weighted by atomic mass is 32.2. The minimum absolute atomic E-state index is 0.0322. The van der Waals surface area contributed by atoms with Crippen molar-refractivity contribution in [2.45, 2.75) is 26.7 Å². The van der Waals surface area contributed by atoms with Crippen molar-refractivity contribution >= 4 is 21.6 Å². The number of amides is 1. The highest BCUT2D eigenvalue weighted by molar-refractivity contribution is 7.92. The number of anilines is 1. The van der Waals surface area contributed by atoms with E-state index in [1.165, 1.54) is 0 Å². The van der Waals surface area contributed by atoms with Gasteiger partial charge in [-0.2, -0.15) is 0 Å². The molecule has 3 N–H and O–H groups in total. The molecule has 2 rings (SSSR count). The van der Waals surface area contributed by atoms with Gasteiger partial charge in [0.15, 0.2) is 0 Å². The van der Waals surface area contributed by atoms with Gasteiger partial charge >= 0.3 is 0 Å². The van der Waals surface area contributed by atoms with Gasteiger partial charge in [0.2, 0.25) is 10.0 Å². The van der Waals surface area contributed by atoms with Crippen LogP contribution in [0, 0.1) is 5.41 Å². The minimum Gasteiger partial charge on any atom is -0.338 e. The van der Waals surface area contributed by atoms with E-state index in [0.29, 0.717) is 37.3 Å². The minimum atomic E-state index is -3.43. The quantitative estimate of drug-likeness (QED) is 0.824. The fourth-order valence-electron chi connectivity index (χ4n) is 2.78. The van der Waals surface area contributed by atoms with E-state index in [4.69, 9.17) is 5.73 Å². The molecular formula is C16H25N3O3S. The van der Waals surface area contributed by atoms with E-state index in [-0.39, 0.29) is 17.1 Å². The molecule has 1 aliphatic rings. The lowest BCUT2D eigenvalue weighted by Crippen LogP contribution is -2.35. The zero-order chi connectivity index (χ0) is 17.1. The third-order valence-corrected chi connectivity index (χ3v) is 5.71. The molecule has 1 fully saturated rings. The van der Waals surface area contributed by atoms with Crippen LogP contribution in [0.3, 0.4) is 0 Å². The summed E-state index contributed by atoms with van der Waals surface area (Å²) in [6.45, 7) is 5.63. The maximum absolute atomic E-state index is 12.8. The standard InChI is InChI=1S/C16H25N3O3S/c1-3-10-23(21,22)18-14-7-5-4-6-13(14)15(20)19-9-8-16(2,11-17)12-19/h4-7,18H,3,8-12,17H2,1-2H3. The molecule has 6 nitrogen and oxygen atoms in total. The summed E-state index contributed by atoms with van der Waals surface area (Å²) < 4.78 is 26.5. The lowest BCUT2D eigenvalue weighted by Gasteiger charge is -2.23. The SMILES string of the molecule is CCCS(=O)(=O)Nc1ccccc1C(=O)N1CCC(C)(CN)C1. The topological polar surface area (TPSA) is 92.5 Å². The number of benzene rings is 1. The molecule has 1 aromatic rings. The van der Waals surface area contributed by atoms with Crippen LogP contribution in [0.4, 0.5) is 5.69 Å². The summed E-state index contributed by atoms with van der Waals surface area (Å²) in [4.78, 5) is 14.5. The third-order valence-electron chi connectivity index (χ3n) is 4.23. The second-order valence-corrected chi connectivity index (χ2v) is 8.30. The molecule has 1 saturated heterocycles. The molecule has 1 heterocycles. The number of carbonyl (C=O) groups is 1. The van der Waals surface area contributed by atoms with Gasteiger partial charge in [-0.15, -0.1) is 0 Å². The molecule has 7 heteroatoms. The lowest BCUT2D eigenvalue weighted by atomic mass is 9.90. The Kier molecular flexibility index (Phi) is 5.31. The predicted octanol–water partition coefficient (Wildman–Crippen LogP) is 1.65. The van der Waals surface area contributed by atoms with Gasteiger partial charge < -0.3 is 10.6 Å². The Bertz CT molecular complexity index is 675. The van der Waals surface area contributed by atoms with Gasteiger partial charge in [0.25, 0.3) is 5.91 Å². The van der Waals surface area contributed by atoms with E-state index in [9.17, 15) is 13.2 Å². The van der Waals surface area contributed by atoms with Gasteiger partial charge in [0.05, 0.1) is 17.0 Å². The number of hydrogen-bond donors (Lipinski definition) is 2. The van der Waals surface area contributed by atoms with Crippen LogP contribution in [0.15, 0.2) is 24.3 Å². The summed E-state index contributed by atoms with van der Waals surface area (Å²) in [5.41, 5.74) is 6.45. The van der Waals surface area contributed by atoms with Crippen molar-refractivity contribution in [2.24, 2.45) is 11.1 Å². The first-order chi connectivity index (χ1) is 10.8. The Hall–Kier alpha value is -1.60. The van der Waals surface area contributed by atoms with E-state index >= 15 is 0 Å². The highest BCUT2D eigenvalue weighted by Crippen LogP contribution is 2.30. The van der Waals surface area contributed by atoms with E-state index in [1.807, 2.05) is 0 Å². The molecule has 23 heavy (non-hydrogen) atoms. The number of nitrogens with zero attached hydrogens (tertiary/aromatic N) is 1. The molecular weight excluding hydrogens is 314 g/mol. The molecule has 1 aliphatic heterocycles. The summed E-state index contributed by atoms with van der Waals surface area (Å²) in [6.07, 6.45) is 1.38. The molecule has 1 atom stereocenters. The third kappa shape index (κ3) is 4.23. The van der Waals surface area contributed by atoms with Crippen molar-refractivity contribution in [1.82, 2.24) is 4.90 Å². The van der Waals surface area contributed by atoms with Crippen LogP contribution in [-0.4, -0.2) is 44.6 Å². The molecule has 0 bridgehead atoms. The maximum Gasteiger partial charge on any atom is 0.256 e. The van der Waals surface area contributed by atoms with E-state index in [0.717, 1.165) is 6.42 Å². The van der Waals surface area contributed by atoms with Gasteiger partial charge in [-0.05, 0) is 36.9 Å². The zero-order valence-electron chi connectivity index (χ0n) is 13.7. The normalized spacial score (nSPS) is 21.4. The van der Waals surface area contributed by atoms with E-state index in [2.05, 4.69) is 11.6 Å². The first-order valence-corrected chi connectivity index (χ1v) is 9.54. The second-order valence-electron chi connectivity index (χ2n) is 6.46. The first-order valence-electron chi connectivity index (χ1n) is 7.89. The molecule has 1 aromatic carbocycles. The van der Waals surface area contributed by atoms with Gasteiger partial charge in [0, 0.05) is 13.1 Å². The largest absolute Gasteiger partial charge is 0.338 e. The average molecular weight is 339 g/mol. The highest BCUT2D eigenvalue weighted by Gasteiger charge is 2.35. The van der Waals surface area contributed by atoms with Crippen LogP contribution in [0.25, 0.3) is 0 Å². The summed E-state index contributed by atoms with van der Waals surface area (Å²) in [5.74, 6) is -0.123. The number of para-hydroxylation sites is 1. The summed E-state index contributed by atoms with van der Waals surface area (Å²) in [6, 6.07) is 6.74. The Morgan fingerprint density at radius 2 is 2.09 bits per heavy atom. The number of nitrogens with two attached hydrogens (primary N) is 1. The van der Waals surface area contributed by atoms with Gasteiger partial charge in [-0.3, -0.25) is 9.52 Å². The first kappa shape index (κ1) is 17.7. The number of likely N-dealkylation sites (tertiary alicyclic amines) is 1. The van der Waals surface area contributed by atoms with Crippen LogP contribution >= 0.6 is 0 Å². The fraction of sp³-hybridized carbons (Fsp3) is 0.562. The molecule has 0 saturated carbocycles. The van der Waals surface area contributed by atoms with Crippen molar-refractivity contribution in [2.75, 3.05) is 30.1 Å². The molecule has 1 unspecified atom stereocenters. The van der Waals surface area contributed by atoms with Crippen LogP contribution in [0.5, 0.6) is 0 Å². The number of carbonyl (C=O) groups excluding carboxylic acids is 1. The van der Waals surface area contributed by atoms with Gasteiger partial charge in [-0.25, -0.2) is 8.42 Å². The second kappa shape index (κ2) is 6.88. The van der Waals surface area contributed by atoms with E-state index in [1.54, 1.807) is 36.1 Å². The average Bonchev–Trinajstić information content (AvgIpc) is 2.90. The van der Waals surface area contributed by atoms with Crippen LogP contribution in [0.1, 0.15) is 37.0 Å². The van der Waals surface area contributed by atoms with Crippen molar-refractivity contribution in [3.63, 3.8) is 0 Å². The zero-order valence-corrected chi connectivity index (χ0v) is 14.5. The van der Waals surface area contributed by atoms with Crippen molar-refractivity contribution < 1.29 is 13.2 Å². The van der Waals surface area contributed by atoms with Crippen LogP contribution < -0.4 is 10.5 Å². The monoisotopic (exact) mass is 339 g/mol. The maximum atomic E-state index is 12.8. The summed E-state index contributed by atoms with van der Waals surface area (Å²) >= 11 is 0. The number of sulfonamides is 1. The molecule has 0 spiro atoms. The molecule has 0 radical (unpaired) electrons. The summed E-state index contributed by atoms with van der Waals surface area (Å²) in [5, 5.41) is 0. The fourth-order valence-corrected chi connectivity index (χ4v) is 3.93. The van der Waals surface area contributed by atoms with Gasteiger partial charge in [0.1, 0.15) is 0 Å². The van der Waals surface area contributed by atoms with Crippen molar-refractivity contribution in [3.05, 3.63) is 29.8 Å². The smallest absolute Gasteiger partial charge is 0.256 e. The summed E-state index contributed by atoms with van der Waals surface area (Å²) in [7, 11) is -3.43. The number of hydrogen-bond acceptors (Lipinski definition) is 4. The Morgan fingerprint density at radius 3 is 2.70 bits per heavy atom. The van der Waals surface area contributed by atoms with E-state index < -0.39 is 10.0 Å². The Labute approximate surface area is 138 Å². The molecule has 128 valence electrons. The predicted molar refractivity (Wildman–Crippen MR) is 91.8 cm³/mol. The number of nitrogens with one attached hydrogen (secondary N) is 1. The molecule has 0 aliphatic carbocycles. The lowest BCUT2D eigenvalue weighted by molar-refractivity contribution is 0.0778. The molecule has 1 amide bonds. The van der Waals surface area contributed by atoms with Crippen LogP contribution in [0.2, 0.25) is 0 Å². The van der Waals surface area contributed by atoms with Gasteiger partial charge in [-0.1, -0.05) is 26.0 Å². The van der Waals surface area contributed by atoms with Crippen molar-refractivity contribution in [3.8, 4) is 0 Å². The van der Waals surface area contributed by atoms with Crippen molar-refractivity contribution in [1.29, 1.82) is 0 Å².